The smallest absolute Gasteiger partial charge is 0.287 e. The Labute approximate surface area is 97.6 Å². The molecule has 0 unspecified atom stereocenters. The van der Waals surface area contributed by atoms with Crippen LogP contribution in [0.1, 0.15) is 0 Å². The summed E-state index contributed by atoms with van der Waals surface area (Å²) in [5, 5.41) is 13.1. The zero-order valence-electron chi connectivity index (χ0n) is 9.12. The first-order valence-corrected chi connectivity index (χ1v) is 5.08. The molecule has 1 amide bonds. The van der Waals surface area contributed by atoms with Gasteiger partial charge < -0.3 is 15.7 Å². The Kier molecular flexibility index (Phi) is 4.84. The van der Waals surface area contributed by atoms with Crippen molar-refractivity contribution in [3.8, 4) is 0 Å². The number of hydrogen-bond donors (Lipinski definition) is 3. The summed E-state index contributed by atoms with van der Waals surface area (Å²) in [4.78, 5) is 11.2. The van der Waals surface area contributed by atoms with E-state index in [9.17, 15) is 13.6 Å². The lowest BCUT2D eigenvalue weighted by Crippen LogP contribution is -2.41. The largest absolute Gasteiger partial charge is 0.390 e. The number of aliphatic hydroxyl groups is 1. The number of benzene rings is 1. The number of carbonyl (C=O) groups is 1. The van der Waals surface area contributed by atoms with Gasteiger partial charge in [-0.1, -0.05) is 18.2 Å². The summed E-state index contributed by atoms with van der Waals surface area (Å²) in [6.45, 7) is -2.23. The summed E-state index contributed by atoms with van der Waals surface area (Å²) in [7, 11) is 0. The molecule has 0 fully saturated rings. The predicted molar refractivity (Wildman–Crippen MR) is 60.0 cm³/mol. The molecule has 0 aromatic heterocycles. The highest BCUT2D eigenvalue weighted by atomic mass is 19.3. The molecule has 0 atom stereocenters. The van der Waals surface area contributed by atoms with E-state index in [2.05, 4.69) is 5.32 Å². The minimum Gasteiger partial charge on any atom is -0.390 e. The number of alkyl halides is 2. The number of para-hydroxylation sites is 1. The quantitative estimate of drug-likeness (QED) is 0.695. The molecule has 0 aliphatic carbocycles. The summed E-state index contributed by atoms with van der Waals surface area (Å²) in [6.07, 6.45) is 0. The molecule has 0 aliphatic heterocycles. The van der Waals surface area contributed by atoms with Crippen LogP contribution in [-0.2, 0) is 4.79 Å². The lowest BCUT2D eigenvalue weighted by atomic mass is 10.3. The average molecular weight is 244 g/mol. The maximum absolute atomic E-state index is 12.6. The highest BCUT2D eigenvalue weighted by Gasteiger charge is 2.27. The first-order valence-electron chi connectivity index (χ1n) is 5.08. The van der Waals surface area contributed by atoms with Crippen LogP contribution in [0.25, 0.3) is 0 Å². The fourth-order valence-corrected chi connectivity index (χ4v) is 1.08. The van der Waals surface area contributed by atoms with E-state index >= 15 is 0 Å². The Bertz CT molecular complexity index is 358. The summed E-state index contributed by atoms with van der Waals surface area (Å²) >= 11 is 0. The molecule has 0 aliphatic rings. The second-order valence-corrected chi connectivity index (χ2v) is 3.51. The van der Waals surface area contributed by atoms with Crippen LogP contribution in [-0.4, -0.2) is 36.6 Å². The van der Waals surface area contributed by atoms with Crippen LogP contribution in [0.4, 0.5) is 14.5 Å². The van der Waals surface area contributed by atoms with Crippen LogP contribution in [0.3, 0.4) is 0 Å². The Balaban J connectivity index is 2.27. The molecule has 1 rings (SSSR count). The molecule has 3 N–H and O–H groups in total. The van der Waals surface area contributed by atoms with Crippen LogP contribution in [0.2, 0.25) is 0 Å². The van der Waals surface area contributed by atoms with Crippen molar-refractivity contribution in [3.05, 3.63) is 30.3 Å². The minimum absolute atomic E-state index is 0.0917. The van der Waals surface area contributed by atoms with Crippen molar-refractivity contribution in [2.45, 2.75) is 5.92 Å². The molecule has 0 radical (unpaired) electrons. The fourth-order valence-electron chi connectivity index (χ4n) is 1.08. The lowest BCUT2D eigenvalue weighted by molar-refractivity contribution is -0.122. The highest BCUT2D eigenvalue weighted by molar-refractivity contribution is 5.80. The number of aliphatic hydroxyl groups excluding tert-OH is 1. The Morgan fingerprint density at radius 1 is 1.29 bits per heavy atom. The molecule has 0 saturated carbocycles. The van der Waals surface area contributed by atoms with Crippen LogP contribution in [0.5, 0.6) is 0 Å². The summed E-state index contributed by atoms with van der Waals surface area (Å²) in [5.41, 5.74) is 0.733. The maximum atomic E-state index is 12.6. The SMILES string of the molecule is O=C(CNc1ccccc1)NCC(F)(F)CO. The van der Waals surface area contributed by atoms with E-state index in [1.807, 2.05) is 11.4 Å². The van der Waals surface area contributed by atoms with Gasteiger partial charge in [0.05, 0.1) is 13.1 Å². The topological polar surface area (TPSA) is 61.4 Å². The molecular weight excluding hydrogens is 230 g/mol. The number of anilines is 1. The van der Waals surface area contributed by atoms with E-state index in [0.717, 1.165) is 5.69 Å². The van der Waals surface area contributed by atoms with E-state index in [0.29, 0.717) is 0 Å². The van der Waals surface area contributed by atoms with Gasteiger partial charge in [0.1, 0.15) is 6.61 Å². The van der Waals surface area contributed by atoms with Gasteiger partial charge in [-0.2, -0.15) is 0 Å². The molecule has 1 aromatic rings. The number of carbonyl (C=O) groups excluding carboxylic acids is 1. The van der Waals surface area contributed by atoms with E-state index in [1.54, 1.807) is 24.3 Å². The maximum Gasteiger partial charge on any atom is 0.287 e. The van der Waals surface area contributed by atoms with E-state index in [-0.39, 0.29) is 6.54 Å². The third-order valence-electron chi connectivity index (χ3n) is 2.00. The number of amides is 1. The second-order valence-electron chi connectivity index (χ2n) is 3.51. The summed E-state index contributed by atoms with van der Waals surface area (Å²) < 4.78 is 25.2. The molecule has 0 bridgehead atoms. The van der Waals surface area contributed by atoms with Crippen molar-refractivity contribution in [1.29, 1.82) is 0 Å². The van der Waals surface area contributed by atoms with Crippen LogP contribution in [0, 0.1) is 0 Å². The van der Waals surface area contributed by atoms with Gasteiger partial charge in [0, 0.05) is 5.69 Å². The number of rotatable bonds is 6. The standard InChI is InChI=1S/C11H14F2N2O2/c12-11(13,8-16)7-15-10(17)6-14-9-4-2-1-3-5-9/h1-5,14,16H,6-8H2,(H,15,17). The van der Waals surface area contributed by atoms with Crippen LogP contribution < -0.4 is 10.6 Å². The lowest BCUT2D eigenvalue weighted by Gasteiger charge is -2.14. The normalized spacial score (nSPS) is 11.0. The van der Waals surface area contributed by atoms with Crippen molar-refractivity contribution >= 4 is 11.6 Å². The Morgan fingerprint density at radius 3 is 2.53 bits per heavy atom. The van der Waals surface area contributed by atoms with Crippen LogP contribution in [0.15, 0.2) is 30.3 Å². The van der Waals surface area contributed by atoms with Gasteiger partial charge in [0.25, 0.3) is 5.92 Å². The third-order valence-corrected chi connectivity index (χ3v) is 2.00. The first kappa shape index (κ1) is 13.4. The molecule has 1 aromatic carbocycles. The molecule has 17 heavy (non-hydrogen) atoms. The van der Waals surface area contributed by atoms with Gasteiger partial charge in [-0.25, -0.2) is 8.78 Å². The van der Waals surface area contributed by atoms with E-state index < -0.39 is 25.0 Å². The van der Waals surface area contributed by atoms with Gasteiger partial charge in [0.15, 0.2) is 0 Å². The molecule has 0 saturated heterocycles. The summed E-state index contributed by atoms with van der Waals surface area (Å²) in [6, 6.07) is 8.93. The molecule has 0 heterocycles. The molecule has 4 nitrogen and oxygen atoms in total. The number of hydrogen-bond acceptors (Lipinski definition) is 3. The van der Waals surface area contributed by atoms with Crippen molar-refractivity contribution in [3.63, 3.8) is 0 Å². The van der Waals surface area contributed by atoms with Gasteiger partial charge in [0.2, 0.25) is 5.91 Å². The van der Waals surface area contributed by atoms with E-state index in [1.165, 1.54) is 0 Å². The van der Waals surface area contributed by atoms with Crippen molar-refractivity contribution in [2.24, 2.45) is 0 Å². The van der Waals surface area contributed by atoms with Gasteiger partial charge in [-0.3, -0.25) is 4.79 Å². The zero-order chi connectivity index (χ0) is 12.7. The Morgan fingerprint density at radius 2 is 1.94 bits per heavy atom. The molecule has 94 valence electrons. The highest BCUT2D eigenvalue weighted by Crippen LogP contribution is 2.09. The van der Waals surface area contributed by atoms with Crippen LogP contribution >= 0.6 is 0 Å². The monoisotopic (exact) mass is 244 g/mol. The fraction of sp³-hybridized carbons (Fsp3) is 0.364. The average Bonchev–Trinajstić information content (AvgIpc) is 2.35. The van der Waals surface area contributed by atoms with Gasteiger partial charge in [-0.05, 0) is 12.1 Å². The second kappa shape index (κ2) is 6.15. The van der Waals surface area contributed by atoms with Crippen molar-refractivity contribution in [2.75, 3.05) is 25.0 Å². The van der Waals surface area contributed by atoms with E-state index in [4.69, 9.17) is 5.11 Å². The molecule has 6 heteroatoms. The zero-order valence-corrected chi connectivity index (χ0v) is 9.12. The first-order chi connectivity index (χ1) is 8.03. The third kappa shape index (κ3) is 5.26. The number of halogens is 2. The Hall–Kier alpha value is -1.69. The molecule has 0 spiro atoms. The minimum atomic E-state index is -3.28. The predicted octanol–water partition coefficient (Wildman–Crippen LogP) is 0.842. The number of nitrogens with one attached hydrogen (secondary N) is 2. The van der Waals surface area contributed by atoms with Crippen molar-refractivity contribution < 1.29 is 18.7 Å². The van der Waals surface area contributed by atoms with Gasteiger partial charge in [-0.15, -0.1) is 0 Å². The van der Waals surface area contributed by atoms with Crippen molar-refractivity contribution in [1.82, 2.24) is 5.32 Å². The molecular formula is C11H14F2N2O2. The van der Waals surface area contributed by atoms with Gasteiger partial charge >= 0.3 is 0 Å². The summed E-state index contributed by atoms with van der Waals surface area (Å²) in [5.74, 6) is -3.83.